The largest absolute Gasteiger partial charge is 0.378 e. The van der Waals surface area contributed by atoms with Crippen LogP contribution in [-0.2, 0) is 27.9 Å². The number of ether oxygens (including phenoxy) is 1. The van der Waals surface area contributed by atoms with Crippen molar-refractivity contribution in [3.63, 3.8) is 0 Å². The summed E-state index contributed by atoms with van der Waals surface area (Å²) >= 11 is 0. The van der Waals surface area contributed by atoms with Gasteiger partial charge in [0.25, 0.3) is 6.43 Å². The molecular weight excluding hydrogens is 827 g/mol. The van der Waals surface area contributed by atoms with E-state index in [2.05, 4.69) is 47.6 Å². The Hall–Kier alpha value is -5.86. The maximum Gasteiger partial charge on any atom is 0.329 e. The Kier molecular flexibility index (Phi) is 11.6. The van der Waals surface area contributed by atoms with Crippen molar-refractivity contribution in [1.29, 1.82) is 0 Å². The summed E-state index contributed by atoms with van der Waals surface area (Å²) in [6.07, 6.45) is 10.5. The summed E-state index contributed by atoms with van der Waals surface area (Å²) in [5.74, 6) is 1.17. The molecule has 8 heterocycles. The number of para-hydroxylation sites is 1. The molecule has 1 aliphatic carbocycles. The number of benzene rings is 1. The lowest BCUT2D eigenvalue weighted by Gasteiger charge is -2.37. The molecule has 1 N–H and O–H groups in total. The third-order valence-corrected chi connectivity index (χ3v) is 13.8. The number of imide groups is 1. The van der Waals surface area contributed by atoms with Crippen LogP contribution >= 0.6 is 0 Å². The molecule has 1 saturated carbocycles. The number of morpholine rings is 1. The number of hydrogen-bond acceptors (Lipinski definition) is 12. The normalized spacial score (nSPS) is 21.8. The zero-order chi connectivity index (χ0) is 44.1. The second-order valence-electron chi connectivity index (χ2n) is 18.0. The minimum Gasteiger partial charge on any atom is -0.378 e. The first kappa shape index (κ1) is 42.1. The van der Waals surface area contributed by atoms with Crippen LogP contribution in [0.5, 0.6) is 0 Å². The molecule has 0 spiro atoms. The molecule has 0 radical (unpaired) electrons. The van der Waals surface area contributed by atoms with Gasteiger partial charge in [0.15, 0.2) is 11.3 Å². The lowest BCUT2D eigenvalue weighted by atomic mass is 9.85. The topological polar surface area (TPSA) is 171 Å². The number of alkyl halides is 2. The molecule has 1 aromatic carbocycles. The number of nitrogens with zero attached hydrogens (tertiary/aromatic N) is 13. The number of fused-ring (bicyclic) bond motifs is 2. The van der Waals surface area contributed by atoms with Crippen LogP contribution in [0, 0.1) is 11.8 Å². The molecule has 3 aliphatic heterocycles. The number of rotatable bonds is 12. The summed E-state index contributed by atoms with van der Waals surface area (Å²) in [5, 5.41) is 19.9. The third kappa shape index (κ3) is 8.22. The number of imidazole rings is 1. The molecule has 4 fully saturated rings. The van der Waals surface area contributed by atoms with Crippen LogP contribution in [0.4, 0.5) is 14.6 Å². The maximum absolute atomic E-state index is 14.5. The van der Waals surface area contributed by atoms with E-state index in [4.69, 9.17) is 9.72 Å². The molecule has 6 aromatic rings. The van der Waals surface area contributed by atoms with Gasteiger partial charge in [-0.05, 0) is 94.6 Å². The number of carbonyl (C=O) groups excluding carboxylic acids is 2. The minimum atomic E-state index is -2.78. The number of anilines is 1. The number of hydrogen-bond donors (Lipinski definition) is 1. The van der Waals surface area contributed by atoms with Crippen molar-refractivity contribution < 1.29 is 23.1 Å². The fourth-order valence-electron chi connectivity index (χ4n) is 10.4. The van der Waals surface area contributed by atoms with Gasteiger partial charge in [-0.3, -0.25) is 28.7 Å². The molecule has 10 rings (SSSR count). The Morgan fingerprint density at radius 3 is 2.52 bits per heavy atom. The molecule has 5 aromatic heterocycles. The minimum absolute atomic E-state index is 0.0263. The fourth-order valence-corrected chi connectivity index (χ4v) is 10.4. The molecule has 18 nitrogen and oxygen atoms in total. The van der Waals surface area contributed by atoms with Gasteiger partial charge in [0.1, 0.15) is 23.2 Å². The van der Waals surface area contributed by atoms with Gasteiger partial charge in [0, 0.05) is 52.4 Å². The Labute approximate surface area is 367 Å². The van der Waals surface area contributed by atoms with Gasteiger partial charge in [0.2, 0.25) is 11.8 Å². The zero-order valence-corrected chi connectivity index (χ0v) is 36.2. The van der Waals surface area contributed by atoms with E-state index in [-0.39, 0.29) is 35.4 Å². The average molecular weight is 881 g/mol. The fraction of sp³-hybridized carbons (Fsp3) is 0.545. The SMILES string of the molecule is CN(Cc1cccc2c1n(C)c(=O)n2C1CCC(=O)NC1=O)CC1CCN(CC2CCC(n3cc(-n4cc(-c5cnn6ccc(N7CCOCC7)nc56)nn4)c(C(F)F)n3)CC2)CC1. The van der Waals surface area contributed by atoms with E-state index < -0.39 is 18.4 Å². The van der Waals surface area contributed by atoms with Crippen molar-refractivity contribution in [3.8, 4) is 16.9 Å². The predicted octanol–water partition coefficient (Wildman–Crippen LogP) is 4.15. The quantitative estimate of drug-likeness (QED) is 0.175. The predicted molar refractivity (Wildman–Crippen MR) is 232 cm³/mol. The molecule has 64 heavy (non-hydrogen) atoms. The first-order valence-electron chi connectivity index (χ1n) is 22.5. The number of nitrogens with one attached hydrogen (secondary N) is 1. The molecule has 1 unspecified atom stereocenters. The van der Waals surface area contributed by atoms with Gasteiger partial charge in [0.05, 0.1) is 54.4 Å². The highest BCUT2D eigenvalue weighted by Gasteiger charge is 2.33. The monoisotopic (exact) mass is 880 g/mol. The number of aryl methyl sites for hydroxylation is 1. The summed E-state index contributed by atoms with van der Waals surface area (Å²) in [5.41, 5.74) is 3.94. The second kappa shape index (κ2) is 17.6. The number of carbonyl (C=O) groups is 2. The smallest absolute Gasteiger partial charge is 0.329 e. The van der Waals surface area contributed by atoms with Crippen LogP contribution in [0.2, 0.25) is 0 Å². The van der Waals surface area contributed by atoms with Crippen molar-refractivity contribution in [3.05, 3.63) is 70.8 Å². The molecule has 1 atom stereocenters. The standard InChI is InChI=1S/C44H54F2N14O4/c1-53(25-30-4-3-5-34-40(30)54(2)44(63)60(34)35-10-11-38(61)49-43(35)62)23-29-12-15-55(16-13-29)24-28-6-8-31(9-7-28)58-27-36(39(51-58)41(45)46)59-26-33(50-52-59)32-22-47-57-17-14-37(48-42(32)57)56-18-20-64-21-19-56/h3-5,14,17,22,26-29,31,35,41H,6-13,15-16,18-21,23-25H2,1-2H3,(H,49,61,62). The van der Waals surface area contributed by atoms with Crippen molar-refractivity contribution in [2.24, 2.45) is 18.9 Å². The number of piperidine rings is 2. The van der Waals surface area contributed by atoms with Crippen LogP contribution < -0.4 is 15.9 Å². The summed E-state index contributed by atoms with van der Waals surface area (Å²) in [6.45, 7) is 7.48. The van der Waals surface area contributed by atoms with E-state index in [9.17, 15) is 23.2 Å². The zero-order valence-electron chi connectivity index (χ0n) is 36.2. The van der Waals surface area contributed by atoms with Crippen LogP contribution in [0.1, 0.15) is 81.1 Å². The average Bonchev–Trinajstić information content (AvgIpc) is 4.11. The van der Waals surface area contributed by atoms with Crippen molar-refractivity contribution in [1.82, 2.24) is 63.6 Å². The van der Waals surface area contributed by atoms with Crippen molar-refractivity contribution >= 4 is 34.3 Å². The Morgan fingerprint density at radius 2 is 1.75 bits per heavy atom. The number of amides is 2. The van der Waals surface area contributed by atoms with Gasteiger partial charge in [-0.15, -0.1) is 5.10 Å². The van der Waals surface area contributed by atoms with Crippen LogP contribution in [0.15, 0.2) is 53.8 Å². The number of halogens is 2. The van der Waals surface area contributed by atoms with Gasteiger partial charge in [-0.2, -0.15) is 10.2 Å². The Morgan fingerprint density at radius 1 is 0.953 bits per heavy atom. The molecule has 0 bridgehead atoms. The molecule has 3 saturated heterocycles. The molecule has 338 valence electrons. The van der Waals surface area contributed by atoms with E-state index in [1.807, 2.05) is 30.5 Å². The van der Waals surface area contributed by atoms with Crippen LogP contribution in [-0.4, -0.2) is 130 Å². The molecule has 20 heteroatoms. The second-order valence-corrected chi connectivity index (χ2v) is 18.0. The Balaban J connectivity index is 0.723. The summed E-state index contributed by atoms with van der Waals surface area (Å²) in [6, 6.07) is 7.09. The maximum atomic E-state index is 14.5. The van der Waals surface area contributed by atoms with Gasteiger partial charge >= 0.3 is 5.69 Å². The highest BCUT2D eigenvalue weighted by molar-refractivity contribution is 6.00. The third-order valence-electron chi connectivity index (χ3n) is 13.8. The van der Waals surface area contributed by atoms with Crippen molar-refractivity contribution in [2.45, 2.75) is 76.4 Å². The van der Waals surface area contributed by atoms with Crippen LogP contribution in [0.3, 0.4) is 0 Å². The first-order chi connectivity index (χ1) is 31.1. The lowest BCUT2D eigenvalue weighted by molar-refractivity contribution is -0.135. The molecule has 2 amide bonds. The summed E-state index contributed by atoms with van der Waals surface area (Å²) in [4.78, 5) is 49.8. The number of likely N-dealkylation sites (tertiary alicyclic amines) is 1. The highest BCUT2D eigenvalue weighted by atomic mass is 19.3. The van der Waals surface area contributed by atoms with Crippen molar-refractivity contribution in [2.75, 3.05) is 64.4 Å². The first-order valence-corrected chi connectivity index (χ1v) is 22.5. The highest BCUT2D eigenvalue weighted by Crippen LogP contribution is 2.36. The van der Waals surface area contributed by atoms with Crippen LogP contribution in [0.25, 0.3) is 33.6 Å². The van der Waals surface area contributed by atoms with E-state index >= 15 is 0 Å². The summed E-state index contributed by atoms with van der Waals surface area (Å²) in [7, 11) is 3.87. The lowest BCUT2D eigenvalue weighted by Crippen LogP contribution is -2.44. The molecular formula is C44H54F2N14O4. The van der Waals surface area contributed by atoms with Gasteiger partial charge in [-0.25, -0.2) is 27.8 Å². The Bertz CT molecular complexity index is 2720. The van der Waals surface area contributed by atoms with Gasteiger partial charge < -0.3 is 19.4 Å². The summed E-state index contributed by atoms with van der Waals surface area (Å²) < 4.78 is 42.4. The van der Waals surface area contributed by atoms with E-state index in [1.165, 1.54) is 4.68 Å². The van der Waals surface area contributed by atoms with E-state index in [0.717, 1.165) is 94.7 Å². The molecule has 4 aliphatic rings. The van der Waals surface area contributed by atoms with E-state index in [0.29, 0.717) is 60.4 Å². The van der Waals surface area contributed by atoms with Gasteiger partial charge in [-0.1, -0.05) is 17.3 Å². The number of aromatic nitrogens is 10. The van der Waals surface area contributed by atoms with E-state index in [1.54, 1.807) is 44.0 Å².